The summed E-state index contributed by atoms with van der Waals surface area (Å²) in [4.78, 5) is 13.0. The zero-order chi connectivity index (χ0) is 17.4. The summed E-state index contributed by atoms with van der Waals surface area (Å²) in [6, 6.07) is 5.74. The molecule has 0 bridgehead atoms. The van der Waals surface area contributed by atoms with E-state index in [4.69, 9.17) is 4.65 Å². The molecule has 126 valence electrons. The molecule has 0 atom stereocenters. The van der Waals surface area contributed by atoms with Crippen LogP contribution in [0.5, 0.6) is 0 Å². The van der Waals surface area contributed by atoms with Gasteiger partial charge in [0.15, 0.2) is 15.8 Å². The molecule has 7 nitrogen and oxygen atoms in total. The first kappa shape index (κ1) is 16.5. The summed E-state index contributed by atoms with van der Waals surface area (Å²) in [5.41, 5.74) is 3.42. The number of rotatable bonds is 4. The first-order valence-corrected chi connectivity index (χ1v) is 9.55. The molecule has 0 saturated heterocycles. The third kappa shape index (κ3) is 3.13. The van der Waals surface area contributed by atoms with Gasteiger partial charge in [0.05, 0.1) is 12.8 Å². The molecular formula is C15H14BN5O2S2. The van der Waals surface area contributed by atoms with Gasteiger partial charge in [0.1, 0.15) is 11.0 Å². The van der Waals surface area contributed by atoms with Crippen LogP contribution in [0.3, 0.4) is 0 Å². The van der Waals surface area contributed by atoms with Gasteiger partial charge in [-0.1, -0.05) is 23.9 Å². The van der Waals surface area contributed by atoms with Crippen molar-refractivity contribution in [2.24, 2.45) is 5.10 Å². The molecule has 0 radical (unpaired) electrons. The second kappa shape index (κ2) is 6.72. The summed E-state index contributed by atoms with van der Waals surface area (Å²) in [6.07, 6.45) is 5.25. The van der Waals surface area contributed by atoms with Crippen molar-refractivity contribution in [2.45, 2.75) is 10.9 Å². The van der Waals surface area contributed by atoms with Crippen LogP contribution < -0.4 is 10.5 Å². The summed E-state index contributed by atoms with van der Waals surface area (Å²) in [7, 11) is 1.02. The Morgan fingerprint density at radius 2 is 2.32 bits per heavy atom. The Hall–Kier alpha value is -2.01. The lowest BCUT2D eigenvalue weighted by Crippen LogP contribution is -2.27. The molecule has 1 aliphatic rings. The van der Waals surface area contributed by atoms with Crippen LogP contribution in [0.15, 0.2) is 34.0 Å². The number of benzene rings is 1. The standard InChI is InChI=1S/C15H14BN5O2S2/c1-21(14-12-13(17-8-18-14)20-15(24-2)25-12)19-6-9-3-4-11-10(5-9)7-23-16(11)22/h3-6,8,22H,7H2,1-2H3/b19-6+. The number of aromatic nitrogens is 3. The maximum Gasteiger partial charge on any atom is 0.491 e. The van der Waals surface area contributed by atoms with Gasteiger partial charge in [0, 0.05) is 7.05 Å². The van der Waals surface area contributed by atoms with E-state index in [0.29, 0.717) is 12.3 Å². The van der Waals surface area contributed by atoms with E-state index in [1.165, 1.54) is 6.33 Å². The van der Waals surface area contributed by atoms with Crippen molar-refractivity contribution in [1.82, 2.24) is 15.0 Å². The quantitative estimate of drug-likeness (QED) is 0.322. The van der Waals surface area contributed by atoms with Crippen LogP contribution >= 0.6 is 23.1 Å². The summed E-state index contributed by atoms with van der Waals surface area (Å²) in [6.45, 7) is 0.416. The van der Waals surface area contributed by atoms with E-state index in [-0.39, 0.29) is 0 Å². The van der Waals surface area contributed by atoms with Gasteiger partial charge in [-0.2, -0.15) is 5.10 Å². The largest absolute Gasteiger partial charge is 0.491 e. The van der Waals surface area contributed by atoms with E-state index in [1.807, 2.05) is 31.5 Å². The molecule has 1 aliphatic heterocycles. The highest BCUT2D eigenvalue weighted by atomic mass is 32.2. The Morgan fingerprint density at radius 1 is 1.44 bits per heavy atom. The topological polar surface area (TPSA) is 83.7 Å². The van der Waals surface area contributed by atoms with E-state index in [0.717, 1.165) is 31.4 Å². The van der Waals surface area contributed by atoms with Crippen LogP contribution in [-0.4, -0.2) is 46.6 Å². The molecule has 0 spiro atoms. The average Bonchev–Trinajstić information content (AvgIpc) is 3.22. The third-order valence-electron chi connectivity index (χ3n) is 3.84. The van der Waals surface area contributed by atoms with Crippen LogP contribution in [0.25, 0.3) is 10.3 Å². The minimum Gasteiger partial charge on any atom is -0.423 e. The van der Waals surface area contributed by atoms with Crippen molar-refractivity contribution < 1.29 is 9.68 Å². The normalized spacial score (nSPS) is 13.8. The monoisotopic (exact) mass is 371 g/mol. The van der Waals surface area contributed by atoms with Gasteiger partial charge >= 0.3 is 7.12 Å². The number of thioether (sulfide) groups is 1. The lowest BCUT2D eigenvalue weighted by Gasteiger charge is -2.11. The van der Waals surface area contributed by atoms with Crippen molar-refractivity contribution in [3.8, 4) is 0 Å². The van der Waals surface area contributed by atoms with Gasteiger partial charge in [-0.3, -0.25) is 0 Å². The van der Waals surface area contributed by atoms with Crippen molar-refractivity contribution in [3.63, 3.8) is 0 Å². The fourth-order valence-electron chi connectivity index (χ4n) is 2.58. The maximum atomic E-state index is 9.68. The van der Waals surface area contributed by atoms with Gasteiger partial charge in [0.2, 0.25) is 0 Å². The lowest BCUT2D eigenvalue weighted by molar-refractivity contribution is 0.275. The molecule has 10 heteroatoms. The van der Waals surface area contributed by atoms with Crippen LogP contribution in [0.2, 0.25) is 0 Å². The molecule has 0 fully saturated rings. The molecule has 25 heavy (non-hydrogen) atoms. The molecule has 0 aliphatic carbocycles. The molecule has 2 aromatic heterocycles. The number of hydrogen-bond donors (Lipinski definition) is 1. The minimum atomic E-state index is -0.824. The van der Waals surface area contributed by atoms with Crippen molar-refractivity contribution in [1.29, 1.82) is 0 Å². The number of thiazole rings is 1. The number of nitrogens with zero attached hydrogens (tertiary/aromatic N) is 5. The SMILES string of the molecule is CSc1nc2ncnc(N(C)/N=C/c3ccc4c(c3)COB4O)c2s1. The molecule has 1 aromatic carbocycles. The molecule has 0 amide bonds. The fraction of sp³-hybridized carbons (Fsp3) is 0.200. The van der Waals surface area contributed by atoms with Crippen LogP contribution in [0.1, 0.15) is 11.1 Å². The van der Waals surface area contributed by atoms with Gasteiger partial charge in [-0.25, -0.2) is 20.0 Å². The van der Waals surface area contributed by atoms with Gasteiger partial charge in [-0.15, -0.1) is 11.3 Å². The predicted octanol–water partition coefficient (Wildman–Crippen LogP) is 1.50. The van der Waals surface area contributed by atoms with E-state index in [9.17, 15) is 5.02 Å². The summed E-state index contributed by atoms with van der Waals surface area (Å²) in [5, 5.41) is 15.9. The van der Waals surface area contributed by atoms with Crippen LogP contribution in [0, 0.1) is 0 Å². The predicted molar refractivity (Wildman–Crippen MR) is 102 cm³/mol. The number of anilines is 1. The molecule has 0 saturated carbocycles. The van der Waals surface area contributed by atoms with E-state index >= 15 is 0 Å². The second-order valence-corrected chi connectivity index (χ2v) is 7.48. The Kier molecular flexibility index (Phi) is 4.42. The molecule has 1 N–H and O–H groups in total. The Bertz CT molecular complexity index is 964. The number of fused-ring (bicyclic) bond motifs is 2. The Labute approximate surface area is 152 Å². The first-order chi connectivity index (χ1) is 12.2. The maximum absolute atomic E-state index is 9.68. The second-order valence-electron chi connectivity index (χ2n) is 5.42. The molecule has 4 rings (SSSR count). The molecular weight excluding hydrogens is 357 g/mol. The van der Waals surface area contributed by atoms with E-state index < -0.39 is 7.12 Å². The Morgan fingerprint density at radius 3 is 3.16 bits per heavy atom. The highest BCUT2D eigenvalue weighted by molar-refractivity contribution is 8.00. The minimum absolute atomic E-state index is 0.416. The highest BCUT2D eigenvalue weighted by Crippen LogP contribution is 2.32. The molecule has 0 unspecified atom stereocenters. The Balaban J connectivity index is 1.61. The smallest absolute Gasteiger partial charge is 0.423 e. The van der Waals surface area contributed by atoms with Gasteiger partial charge in [-0.05, 0) is 28.9 Å². The molecule has 3 aromatic rings. The molecule has 3 heterocycles. The van der Waals surface area contributed by atoms with Crippen molar-refractivity contribution >= 4 is 58.1 Å². The number of hydrazone groups is 1. The summed E-state index contributed by atoms with van der Waals surface area (Å²) >= 11 is 3.14. The fourth-order valence-corrected chi connectivity index (χ4v) is 4.11. The zero-order valence-corrected chi connectivity index (χ0v) is 15.2. The van der Waals surface area contributed by atoms with Gasteiger partial charge in [0.25, 0.3) is 0 Å². The average molecular weight is 371 g/mol. The van der Waals surface area contributed by atoms with Crippen LogP contribution in [0.4, 0.5) is 5.82 Å². The highest BCUT2D eigenvalue weighted by Gasteiger charge is 2.26. The summed E-state index contributed by atoms with van der Waals surface area (Å²) < 4.78 is 7.07. The first-order valence-electron chi connectivity index (χ1n) is 7.51. The number of hydrogen-bond acceptors (Lipinski definition) is 9. The zero-order valence-electron chi connectivity index (χ0n) is 13.6. The third-order valence-corrected chi connectivity index (χ3v) is 5.87. The van der Waals surface area contributed by atoms with E-state index in [2.05, 4.69) is 20.1 Å². The van der Waals surface area contributed by atoms with E-state index in [1.54, 1.807) is 34.3 Å². The van der Waals surface area contributed by atoms with Gasteiger partial charge < -0.3 is 9.68 Å². The van der Waals surface area contributed by atoms with Crippen LogP contribution in [-0.2, 0) is 11.3 Å². The summed E-state index contributed by atoms with van der Waals surface area (Å²) in [5.74, 6) is 0.721. The lowest BCUT2D eigenvalue weighted by atomic mass is 9.79. The van der Waals surface area contributed by atoms with Crippen molar-refractivity contribution in [3.05, 3.63) is 35.7 Å². The van der Waals surface area contributed by atoms with Crippen molar-refractivity contribution in [2.75, 3.05) is 18.3 Å².